The average molecular weight is 339 g/mol. The molecule has 0 saturated carbocycles. The minimum absolute atomic E-state index is 0.118. The first-order valence-electron chi connectivity index (χ1n) is 6.58. The van der Waals surface area contributed by atoms with Crippen molar-refractivity contribution in [2.75, 3.05) is 13.7 Å². The van der Waals surface area contributed by atoms with Gasteiger partial charge in [-0.15, -0.1) is 0 Å². The van der Waals surface area contributed by atoms with Gasteiger partial charge in [0.1, 0.15) is 18.1 Å². The zero-order valence-electron chi connectivity index (χ0n) is 11.4. The molecule has 0 heterocycles. The van der Waals surface area contributed by atoms with Gasteiger partial charge < -0.3 is 10.1 Å². The molecule has 0 unspecified atom stereocenters. The van der Waals surface area contributed by atoms with Gasteiger partial charge in [0, 0.05) is 12.0 Å². The van der Waals surface area contributed by atoms with E-state index < -0.39 is 0 Å². The molecule has 106 valence electrons. The van der Waals surface area contributed by atoms with E-state index in [9.17, 15) is 4.39 Å². The predicted molar refractivity (Wildman–Crippen MR) is 81.3 cm³/mol. The van der Waals surface area contributed by atoms with Crippen molar-refractivity contribution in [3.05, 3.63) is 63.9 Å². The zero-order valence-corrected chi connectivity index (χ0v) is 13.0. The molecule has 0 amide bonds. The van der Waals surface area contributed by atoms with E-state index in [2.05, 4.69) is 27.3 Å². The Bertz CT molecular complexity index is 574. The monoisotopic (exact) mass is 338 g/mol. The normalized spacial score (nSPS) is 10.6. The van der Waals surface area contributed by atoms with Gasteiger partial charge in [-0.1, -0.05) is 18.2 Å². The molecule has 4 heteroatoms. The van der Waals surface area contributed by atoms with Crippen LogP contribution in [0.5, 0.6) is 5.75 Å². The van der Waals surface area contributed by atoms with Crippen LogP contribution in [0.4, 0.5) is 4.39 Å². The molecule has 0 aliphatic heterocycles. The Morgan fingerprint density at radius 2 is 2.00 bits per heavy atom. The molecule has 0 saturated heterocycles. The number of quaternary nitrogens is 1. The molecule has 0 aliphatic rings. The first-order valence-corrected chi connectivity index (χ1v) is 7.37. The lowest BCUT2D eigenvalue weighted by Gasteiger charge is -2.06. The van der Waals surface area contributed by atoms with Crippen LogP contribution in [0.25, 0.3) is 0 Å². The lowest BCUT2D eigenvalue weighted by Crippen LogP contribution is -2.83. The van der Waals surface area contributed by atoms with E-state index >= 15 is 0 Å². The highest BCUT2D eigenvalue weighted by Gasteiger charge is 2.04. The maximum absolute atomic E-state index is 13.4. The Morgan fingerprint density at radius 1 is 1.20 bits per heavy atom. The summed E-state index contributed by atoms with van der Waals surface area (Å²) in [5.74, 6) is 0.716. The first kappa shape index (κ1) is 15.0. The summed E-state index contributed by atoms with van der Waals surface area (Å²) in [5, 5.41) is 2.18. The summed E-state index contributed by atoms with van der Waals surface area (Å²) >= 11 is 3.47. The summed E-state index contributed by atoms with van der Waals surface area (Å²) in [6.45, 7) is 1.74. The van der Waals surface area contributed by atoms with Gasteiger partial charge in [0.15, 0.2) is 0 Å². The van der Waals surface area contributed by atoms with E-state index in [1.807, 2.05) is 24.3 Å². The lowest BCUT2D eigenvalue weighted by atomic mass is 10.1. The zero-order chi connectivity index (χ0) is 14.4. The van der Waals surface area contributed by atoms with Crippen molar-refractivity contribution in [3.63, 3.8) is 0 Å². The summed E-state index contributed by atoms with van der Waals surface area (Å²) in [6, 6.07) is 13.0. The Balaban J connectivity index is 1.82. The largest absolute Gasteiger partial charge is 0.496 e. The van der Waals surface area contributed by atoms with E-state index in [4.69, 9.17) is 4.74 Å². The number of benzene rings is 2. The minimum Gasteiger partial charge on any atom is -0.496 e. The van der Waals surface area contributed by atoms with Crippen LogP contribution in [-0.2, 0) is 13.0 Å². The van der Waals surface area contributed by atoms with Crippen LogP contribution in [0, 0.1) is 5.82 Å². The molecule has 2 rings (SSSR count). The van der Waals surface area contributed by atoms with E-state index in [0.717, 1.165) is 35.3 Å². The van der Waals surface area contributed by atoms with Gasteiger partial charge in [-0.05, 0) is 45.8 Å². The van der Waals surface area contributed by atoms with Crippen LogP contribution in [0.15, 0.2) is 46.9 Å². The highest BCUT2D eigenvalue weighted by Crippen LogP contribution is 2.25. The number of methoxy groups -OCH3 is 1. The summed E-state index contributed by atoms with van der Waals surface area (Å²) in [4.78, 5) is 0. The molecule has 0 atom stereocenters. The fraction of sp³-hybridized carbons (Fsp3) is 0.250. The van der Waals surface area contributed by atoms with Crippen molar-refractivity contribution in [3.8, 4) is 5.75 Å². The van der Waals surface area contributed by atoms with Crippen molar-refractivity contribution < 1.29 is 14.4 Å². The van der Waals surface area contributed by atoms with Crippen molar-refractivity contribution in [2.45, 2.75) is 13.0 Å². The highest BCUT2D eigenvalue weighted by atomic mass is 79.9. The molecule has 0 bridgehead atoms. The fourth-order valence-corrected chi connectivity index (χ4v) is 2.65. The van der Waals surface area contributed by atoms with Crippen LogP contribution in [0.3, 0.4) is 0 Å². The summed E-state index contributed by atoms with van der Waals surface area (Å²) in [5.41, 5.74) is 1.99. The molecule has 20 heavy (non-hydrogen) atoms. The topological polar surface area (TPSA) is 25.8 Å². The Hall–Kier alpha value is -1.39. The molecule has 0 spiro atoms. The molecule has 0 fully saturated rings. The smallest absolute Gasteiger partial charge is 0.133 e. The molecule has 0 aliphatic carbocycles. The molecule has 2 N–H and O–H groups in total. The number of ether oxygens (including phenoxy) is 1. The third-order valence-corrected chi connectivity index (χ3v) is 3.79. The molecular weight excluding hydrogens is 321 g/mol. The molecule has 2 nitrogen and oxygen atoms in total. The maximum atomic E-state index is 13.4. The van der Waals surface area contributed by atoms with E-state index in [0.29, 0.717) is 0 Å². The summed E-state index contributed by atoms with van der Waals surface area (Å²) in [6.07, 6.45) is 0.740. The molecule has 2 aromatic rings. The molecule has 0 radical (unpaired) electrons. The van der Waals surface area contributed by atoms with Crippen LogP contribution in [-0.4, -0.2) is 13.7 Å². The van der Waals surface area contributed by atoms with Gasteiger partial charge in [-0.3, -0.25) is 0 Å². The second-order valence-corrected chi connectivity index (χ2v) is 5.45. The second kappa shape index (κ2) is 7.41. The Labute approximate surface area is 127 Å². The highest BCUT2D eigenvalue weighted by molar-refractivity contribution is 9.10. The van der Waals surface area contributed by atoms with Crippen LogP contribution >= 0.6 is 15.9 Å². The van der Waals surface area contributed by atoms with Crippen molar-refractivity contribution in [1.82, 2.24) is 0 Å². The first-order chi connectivity index (χ1) is 9.70. The number of hydrogen-bond acceptors (Lipinski definition) is 1. The fourth-order valence-electron chi connectivity index (χ4n) is 2.06. The second-order valence-electron chi connectivity index (χ2n) is 4.59. The number of halogens is 2. The average Bonchev–Trinajstić information content (AvgIpc) is 2.45. The van der Waals surface area contributed by atoms with E-state index in [1.54, 1.807) is 13.2 Å². The van der Waals surface area contributed by atoms with Crippen molar-refractivity contribution >= 4 is 15.9 Å². The third-order valence-electron chi connectivity index (χ3n) is 3.17. The quantitative estimate of drug-likeness (QED) is 0.805. The minimum atomic E-state index is -0.118. The molecular formula is C16H18BrFNO+. The van der Waals surface area contributed by atoms with Crippen molar-refractivity contribution in [2.24, 2.45) is 0 Å². The Morgan fingerprint density at radius 3 is 2.70 bits per heavy atom. The SMILES string of the molecule is COc1ccc(C[NH2+]CCc2ccccc2F)cc1Br. The van der Waals surface area contributed by atoms with Gasteiger partial charge in [0.2, 0.25) is 0 Å². The lowest BCUT2D eigenvalue weighted by molar-refractivity contribution is -0.670. The summed E-state index contributed by atoms with van der Waals surface area (Å²) in [7, 11) is 1.65. The van der Waals surface area contributed by atoms with Crippen LogP contribution in [0.2, 0.25) is 0 Å². The predicted octanol–water partition coefficient (Wildman–Crippen LogP) is 2.90. The van der Waals surface area contributed by atoms with Gasteiger partial charge in [-0.25, -0.2) is 4.39 Å². The standard InChI is InChI=1S/C16H17BrFNO/c1-20-16-7-6-12(10-14(16)17)11-19-9-8-13-4-2-3-5-15(13)18/h2-7,10,19H,8-9,11H2,1H3/p+1. The number of rotatable bonds is 6. The molecule has 2 aromatic carbocycles. The van der Waals surface area contributed by atoms with Crippen molar-refractivity contribution in [1.29, 1.82) is 0 Å². The summed E-state index contributed by atoms with van der Waals surface area (Å²) < 4.78 is 19.6. The molecule has 0 aromatic heterocycles. The van der Waals surface area contributed by atoms with E-state index in [1.165, 1.54) is 11.6 Å². The Kier molecular flexibility index (Phi) is 5.56. The van der Waals surface area contributed by atoms with Gasteiger partial charge in [-0.2, -0.15) is 0 Å². The van der Waals surface area contributed by atoms with Gasteiger partial charge >= 0.3 is 0 Å². The van der Waals surface area contributed by atoms with Crippen LogP contribution < -0.4 is 10.1 Å². The third kappa shape index (κ3) is 4.05. The van der Waals surface area contributed by atoms with Gasteiger partial charge in [0.25, 0.3) is 0 Å². The van der Waals surface area contributed by atoms with E-state index in [-0.39, 0.29) is 5.82 Å². The van der Waals surface area contributed by atoms with Gasteiger partial charge in [0.05, 0.1) is 18.1 Å². The number of hydrogen-bond donors (Lipinski definition) is 1. The number of nitrogens with two attached hydrogens (primary N) is 1. The maximum Gasteiger partial charge on any atom is 0.133 e. The van der Waals surface area contributed by atoms with Crippen LogP contribution in [0.1, 0.15) is 11.1 Å².